The summed E-state index contributed by atoms with van der Waals surface area (Å²) in [5.41, 5.74) is 0. The number of rotatable bonds is 7. The fourth-order valence-corrected chi connectivity index (χ4v) is 4.68. The first-order valence-corrected chi connectivity index (χ1v) is 10.8. The van der Waals surface area contributed by atoms with Crippen molar-refractivity contribution >= 4 is 29.1 Å². The molecule has 4 nitrogen and oxygen atoms in total. The van der Waals surface area contributed by atoms with Crippen molar-refractivity contribution in [2.24, 2.45) is 4.99 Å². The zero-order chi connectivity index (χ0) is 17.4. The molecule has 0 bridgehead atoms. The fourth-order valence-electron chi connectivity index (χ4n) is 2.89. The average Bonchev–Trinajstić information content (AvgIpc) is 2.98. The largest absolute Gasteiger partial charge is 0.381 e. The van der Waals surface area contributed by atoms with E-state index in [1.165, 1.54) is 9.75 Å². The smallest absolute Gasteiger partial charge is 0.191 e. The lowest BCUT2D eigenvalue weighted by molar-refractivity contribution is 0.0794. The number of nitrogens with zero attached hydrogens (tertiary/aromatic N) is 1. The quantitative estimate of drug-likeness (QED) is 0.571. The topological polar surface area (TPSA) is 45.7 Å². The van der Waals surface area contributed by atoms with Crippen molar-refractivity contribution in [2.45, 2.75) is 50.8 Å². The van der Waals surface area contributed by atoms with Gasteiger partial charge in [0.2, 0.25) is 0 Å². The lowest BCUT2D eigenvalue weighted by Crippen LogP contribution is -2.44. The summed E-state index contributed by atoms with van der Waals surface area (Å²) in [5.74, 6) is 0.929. The van der Waals surface area contributed by atoms with Crippen LogP contribution in [-0.2, 0) is 11.2 Å². The Morgan fingerprint density at radius 3 is 2.75 bits per heavy atom. The van der Waals surface area contributed by atoms with Crippen LogP contribution in [-0.4, -0.2) is 49.3 Å². The van der Waals surface area contributed by atoms with Gasteiger partial charge in [0.05, 0.1) is 6.54 Å². The molecule has 0 amide bonds. The van der Waals surface area contributed by atoms with Crippen molar-refractivity contribution in [3.63, 3.8) is 0 Å². The Bertz CT molecular complexity index is 524. The monoisotopic (exact) mass is 369 g/mol. The number of aryl methyl sites for hydroxylation is 1. The Balaban J connectivity index is 1.94. The van der Waals surface area contributed by atoms with E-state index >= 15 is 0 Å². The third-order valence-corrected chi connectivity index (χ3v) is 6.82. The molecule has 0 saturated carbocycles. The first kappa shape index (κ1) is 19.6. The molecule has 6 heteroatoms. The molecule has 1 unspecified atom stereocenters. The van der Waals surface area contributed by atoms with Crippen LogP contribution >= 0.6 is 23.1 Å². The number of hydrogen-bond donors (Lipinski definition) is 2. The Morgan fingerprint density at radius 2 is 2.17 bits per heavy atom. The van der Waals surface area contributed by atoms with Crippen molar-refractivity contribution < 1.29 is 4.74 Å². The molecule has 0 radical (unpaired) electrons. The van der Waals surface area contributed by atoms with Crippen LogP contribution in [0.15, 0.2) is 17.1 Å². The third kappa shape index (κ3) is 5.97. The van der Waals surface area contributed by atoms with Crippen molar-refractivity contribution in [1.29, 1.82) is 0 Å². The van der Waals surface area contributed by atoms with E-state index in [2.05, 4.69) is 49.8 Å². The highest BCUT2D eigenvalue weighted by Crippen LogP contribution is 2.33. The number of guanidine groups is 1. The Morgan fingerprint density at radius 1 is 1.42 bits per heavy atom. The molecule has 24 heavy (non-hydrogen) atoms. The van der Waals surface area contributed by atoms with Crippen LogP contribution in [0, 0.1) is 6.92 Å². The van der Waals surface area contributed by atoms with Crippen LogP contribution < -0.4 is 10.6 Å². The van der Waals surface area contributed by atoms with Crippen LogP contribution in [0.3, 0.4) is 0 Å². The van der Waals surface area contributed by atoms with Crippen molar-refractivity contribution in [3.8, 4) is 0 Å². The summed E-state index contributed by atoms with van der Waals surface area (Å²) >= 11 is 3.81. The predicted octanol–water partition coefficient (Wildman–Crippen LogP) is 3.45. The van der Waals surface area contributed by atoms with Gasteiger partial charge in [-0.1, -0.05) is 0 Å². The highest BCUT2D eigenvalue weighted by Gasteiger charge is 2.31. The maximum absolute atomic E-state index is 5.52. The van der Waals surface area contributed by atoms with E-state index in [1.54, 1.807) is 0 Å². The fraction of sp³-hybridized carbons (Fsp3) is 0.722. The maximum atomic E-state index is 5.52. The summed E-state index contributed by atoms with van der Waals surface area (Å²) < 4.78 is 5.75. The third-order valence-electron chi connectivity index (χ3n) is 4.39. The minimum absolute atomic E-state index is 0.231. The van der Waals surface area contributed by atoms with Crippen LogP contribution in [0.2, 0.25) is 0 Å². The average molecular weight is 370 g/mol. The molecule has 1 aromatic heterocycles. The molecule has 1 saturated heterocycles. The molecule has 1 aromatic rings. The predicted molar refractivity (Wildman–Crippen MR) is 108 cm³/mol. The number of aliphatic imine (C=N–C) groups is 1. The van der Waals surface area contributed by atoms with Gasteiger partial charge in [-0.3, -0.25) is 4.99 Å². The molecule has 1 atom stereocenters. The SMILES string of the molecule is CCNC(=NCC1(SC)CCOCC1)NC(C)Cc1ccc(C)s1. The molecule has 136 valence electrons. The van der Waals surface area contributed by atoms with Gasteiger partial charge < -0.3 is 15.4 Å². The lowest BCUT2D eigenvalue weighted by Gasteiger charge is -2.34. The second-order valence-corrected chi connectivity index (χ2v) is 9.10. The molecule has 0 aliphatic carbocycles. The summed E-state index contributed by atoms with van der Waals surface area (Å²) in [6, 6.07) is 4.78. The van der Waals surface area contributed by atoms with E-state index in [9.17, 15) is 0 Å². The molecular formula is C18H31N3OS2. The van der Waals surface area contributed by atoms with Gasteiger partial charge in [-0.15, -0.1) is 11.3 Å². The highest BCUT2D eigenvalue weighted by atomic mass is 32.2. The van der Waals surface area contributed by atoms with Gasteiger partial charge in [0.1, 0.15) is 0 Å². The van der Waals surface area contributed by atoms with Crippen LogP contribution in [0.1, 0.15) is 36.4 Å². The minimum atomic E-state index is 0.231. The first-order chi connectivity index (χ1) is 11.6. The Hall–Kier alpha value is -0.720. The standard InChI is InChI=1S/C18H31N3OS2/c1-5-19-17(20-13-18(23-4)8-10-22-11-9-18)21-14(2)12-16-7-6-15(3)24-16/h6-7,14H,5,8-13H2,1-4H3,(H2,19,20,21). The van der Waals surface area contributed by atoms with Gasteiger partial charge in [0.25, 0.3) is 0 Å². The van der Waals surface area contributed by atoms with Crippen LogP contribution in [0.5, 0.6) is 0 Å². The van der Waals surface area contributed by atoms with E-state index in [0.29, 0.717) is 6.04 Å². The van der Waals surface area contributed by atoms with Gasteiger partial charge in [-0.05, 0) is 52.0 Å². The van der Waals surface area contributed by atoms with Crippen molar-refractivity contribution in [1.82, 2.24) is 10.6 Å². The summed E-state index contributed by atoms with van der Waals surface area (Å²) in [6.45, 7) is 9.93. The summed E-state index contributed by atoms with van der Waals surface area (Å²) in [7, 11) is 0. The molecule has 2 N–H and O–H groups in total. The Labute approximate surface area is 154 Å². The number of nitrogens with one attached hydrogen (secondary N) is 2. The number of ether oxygens (including phenoxy) is 1. The van der Waals surface area contributed by atoms with Gasteiger partial charge in [0, 0.05) is 46.7 Å². The molecule has 2 heterocycles. The second kappa shape index (κ2) is 9.68. The number of hydrogen-bond acceptors (Lipinski definition) is 4. The molecule has 0 spiro atoms. The zero-order valence-electron chi connectivity index (χ0n) is 15.4. The normalized spacial score (nSPS) is 19.1. The van der Waals surface area contributed by atoms with Gasteiger partial charge in [-0.2, -0.15) is 11.8 Å². The highest BCUT2D eigenvalue weighted by molar-refractivity contribution is 8.00. The zero-order valence-corrected chi connectivity index (χ0v) is 17.0. The van der Waals surface area contributed by atoms with E-state index in [1.807, 2.05) is 23.1 Å². The van der Waals surface area contributed by atoms with E-state index in [4.69, 9.17) is 9.73 Å². The number of thiophene rings is 1. The minimum Gasteiger partial charge on any atom is -0.381 e. The first-order valence-electron chi connectivity index (χ1n) is 8.80. The second-order valence-electron chi connectivity index (χ2n) is 6.46. The lowest BCUT2D eigenvalue weighted by atomic mass is 9.99. The van der Waals surface area contributed by atoms with Crippen molar-refractivity contribution in [3.05, 3.63) is 21.9 Å². The van der Waals surface area contributed by atoms with Crippen LogP contribution in [0.4, 0.5) is 0 Å². The van der Waals surface area contributed by atoms with Gasteiger partial charge in [0.15, 0.2) is 5.96 Å². The van der Waals surface area contributed by atoms with Gasteiger partial charge >= 0.3 is 0 Å². The molecule has 0 aromatic carbocycles. The van der Waals surface area contributed by atoms with E-state index in [-0.39, 0.29) is 4.75 Å². The van der Waals surface area contributed by atoms with Crippen molar-refractivity contribution in [2.75, 3.05) is 32.6 Å². The molecule has 1 fully saturated rings. The molecule has 1 aliphatic heterocycles. The Kier molecular flexibility index (Phi) is 7.91. The summed E-state index contributed by atoms with van der Waals surface area (Å²) in [4.78, 5) is 7.69. The van der Waals surface area contributed by atoms with Crippen LogP contribution in [0.25, 0.3) is 0 Å². The molecule has 1 aliphatic rings. The van der Waals surface area contributed by atoms with E-state index in [0.717, 1.165) is 51.5 Å². The molecular weight excluding hydrogens is 338 g/mol. The van der Waals surface area contributed by atoms with E-state index < -0.39 is 0 Å². The number of thioether (sulfide) groups is 1. The summed E-state index contributed by atoms with van der Waals surface area (Å²) in [5, 5.41) is 6.95. The molecule has 2 rings (SSSR count). The van der Waals surface area contributed by atoms with Gasteiger partial charge in [-0.25, -0.2) is 0 Å². The maximum Gasteiger partial charge on any atom is 0.191 e. The summed E-state index contributed by atoms with van der Waals surface area (Å²) in [6.07, 6.45) is 5.40.